The molecule has 0 aliphatic heterocycles. The van der Waals surface area contributed by atoms with E-state index in [2.05, 4.69) is 0 Å². The minimum Gasteiger partial charge on any atom is -0.493 e. The van der Waals surface area contributed by atoms with Crippen LogP contribution in [0.4, 0.5) is 0 Å². The highest BCUT2D eigenvalue weighted by Crippen LogP contribution is 2.41. The fourth-order valence-electron chi connectivity index (χ4n) is 2.73. The highest BCUT2D eigenvalue weighted by molar-refractivity contribution is 5.82. The minimum absolute atomic E-state index is 0.347. The molecular weight excluding hydrogens is 348 g/mol. The Labute approximate surface area is 156 Å². The predicted molar refractivity (Wildman–Crippen MR) is 101 cm³/mol. The third-order valence-electron chi connectivity index (χ3n) is 4.00. The van der Waals surface area contributed by atoms with Crippen LogP contribution in [0, 0.1) is 6.92 Å². The van der Waals surface area contributed by atoms with E-state index in [0.717, 1.165) is 17.4 Å². The van der Waals surface area contributed by atoms with Gasteiger partial charge in [0.1, 0.15) is 17.6 Å². The van der Waals surface area contributed by atoms with E-state index in [-0.39, 0.29) is 0 Å². The van der Waals surface area contributed by atoms with Crippen molar-refractivity contribution in [1.29, 1.82) is 0 Å². The van der Waals surface area contributed by atoms with Crippen LogP contribution < -0.4 is 19.8 Å². The molecule has 0 bridgehead atoms. The third kappa shape index (κ3) is 3.95. The highest BCUT2D eigenvalue weighted by atomic mass is 16.5. The molecule has 0 fully saturated rings. The van der Waals surface area contributed by atoms with E-state index in [1.165, 1.54) is 13.2 Å². The number of aryl methyl sites for hydroxylation is 1. The number of carbonyl (C=O) groups is 1. The molecule has 1 heterocycles. The molecule has 0 atom stereocenters. The standard InChI is InChI=1S/C21H20O6/c1-4-7-25-21-18(24-3)9-14(12-22)10-19(21)26-15-5-6-16-13(2)8-20(23)27-17(16)11-15/h5-6,8-12H,4,7H2,1-3H3. The summed E-state index contributed by atoms with van der Waals surface area (Å²) in [6.07, 6.45) is 1.51. The molecule has 27 heavy (non-hydrogen) atoms. The molecule has 6 heteroatoms. The first-order valence-electron chi connectivity index (χ1n) is 8.58. The normalized spacial score (nSPS) is 10.6. The van der Waals surface area contributed by atoms with Gasteiger partial charge in [-0.15, -0.1) is 0 Å². The zero-order valence-electron chi connectivity index (χ0n) is 15.4. The van der Waals surface area contributed by atoms with Crippen molar-refractivity contribution in [3.63, 3.8) is 0 Å². The molecule has 0 spiro atoms. The van der Waals surface area contributed by atoms with Crippen LogP contribution >= 0.6 is 0 Å². The Hall–Kier alpha value is -3.28. The summed E-state index contributed by atoms with van der Waals surface area (Å²) < 4.78 is 22.3. The average Bonchev–Trinajstić information content (AvgIpc) is 2.65. The molecule has 0 unspecified atom stereocenters. The van der Waals surface area contributed by atoms with Crippen LogP contribution in [-0.4, -0.2) is 20.0 Å². The molecule has 140 valence electrons. The van der Waals surface area contributed by atoms with E-state index >= 15 is 0 Å². The maximum absolute atomic E-state index is 11.6. The van der Waals surface area contributed by atoms with E-state index in [1.807, 2.05) is 19.9 Å². The second kappa shape index (κ2) is 7.95. The van der Waals surface area contributed by atoms with Crippen LogP contribution in [0.3, 0.4) is 0 Å². The van der Waals surface area contributed by atoms with Gasteiger partial charge < -0.3 is 18.6 Å². The SMILES string of the molecule is CCCOc1c(OC)cc(C=O)cc1Oc1ccc2c(C)cc(=O)oc2c1. The fraction of sp³-hybridized carbons (Fsp3) is 0.238. The van der Waals surface area contributed by atoms with Crippen molar-refractivity contribution in [2.75, 3.05) is 13.7 Å². The molecule has 0 saturated carbocycles. The largest absolute Gasteiger partial charge is 0.493 e. The second-order valence-corrected chi connectivity index (χ2v) is 6.03. The van der Waals surface area contributed by atoms with Crippen LogP contribution in [0.5, 0.6) is 23.0 Å². The van der Waals surface area contributed by atoms with Crippen molar-refractivity contribution in [2.24, 2.45) is 0 Å². The first kappa shape index (κ1) is 18.5. The highest BCUT2D eigenvalue weighted by Gasteiger charge is 2.16. The Balaban J connectivity index is 2.06. The fourth-order valence-corrected chi connectivity index (χ4v) is 2.73. The lowest BCUT2D eigenvalue weighted by Crippen LogP contribution is -2.01. The van der Waals surface area contributed by atoms with Gasteiger partial charge in [-0.3, -0.25) is 4.79 Å². The number of methoxy groups -OCH3 is 1. The maximum atomic E-state index is 11.6. The Morgan fingerprint density at radius 3 is 2.59 bits per heavy atom. The monoisotopic (exact) mass is 368 g/mol. The first-order valence-corrected chi connectivity index (χ1v) is 8.58. The summed E-state index contributed by atoms with van der Waals surface area (Å²) in [5.41, 5.74) is 1.22. The third-order valence-corrected chi connectivity index (χ3v) is 4.00. The van der Waals surface area contributed by atoms with Crippen molar-refractivity contribution in [1.82, 2.24) is 0 Å². The summed E-state index contributed by atoms with van der Waals surface area (Å²) in [4.78, 5) is 22.9. The Bertz CT molecular complexity index is 1030. The lowest BCUT2D eigenvalue weighted by atomic mass is 10.1. The van der Waals surface area contributed by atoms with Crippen molar-refractivity contribution >= 4 is 17.3 Å². The van der Waals surface area contributed by atoms with E-state index in [9.17, 15) is 9.59 Å². The molecule has 6 nitrogen and oxygen atoms in total. The molecule has 0 amide bonds. The smallest absolute Gasteiger partial charge is 0.336 e. The second-order valence-electron chi connectivity index (χ2n) is 6.03. The van der Waals surface area contributed by atoms with Crippen molar-refractivity contribution < 1.29 is 23.4 Å². The summed E-state index contributed by atoms with van der Waals surface area (Å²) >= 11 is 0. The van der Waals surface area contributed by atoms with Gasteiger partial charge in [0.15, 0.2) is 11.5 Å². The van der Waals surface area contributed by atoms with Gasteiger partial charge in [-0.1, -0.05) is 6.92 Å². The summed E-state index contributed by atoms with van der Waals surface area (Å²) in [6, 6.07) is 9.82. The van der Waals surface area contributed by atoms with E-state index in [0.29, 0.717) is 47.0 Å². The number of ether oxygens (including phenoxy) is 3. The lowest BCUT2D eigenvalue weighted by molar-refractivity contribution is 0.112. The molecule has 1 aromatic heterocycles. The Kier molecular flexibility index (Phi) is 5.45. The number of benzene rings is 2. The molecule has 3 aromatic rings. The molecule has 3 rings (SSSR count). The van der Waals surface area contributed by atoms with Crippen LogP contribution in [0.2, 0.25) is 0 Å². The first-order chi connectivity index (χ1) is 13.0. The van der Waals surface area contributed by atoms with Gasteiger partial charge in [0.25, 0.3) is 0 Å². The quantitative estimate of drug-likeness (QED) is 0.451. The van der Waals surface area contributed by atoms with Crippen LogP contribution in [0.1, 0.15) is 29.3 Å². The molecule has 0 N–H and O–H groups in total. The number of hydrogen-bond donors (Lipinski definition) is 0. The maximum Gasteiger partial charge on any atom is 0.336 e. The summed E-state index contributed by atoms with van der Waals surface area (Å²) in [5.74, 6) is 1.61. The number of carbonyl (C=O) groups excluding carboxylic acids is 1. The molecular formula is C21H20O6. The van der Waals surface area contributed by atoms with Crippen LogP contribution in [-0.2, 0) is 0 Å². The van der Waals surface area contributed by atoms with Crippen molar-refractivity contribution in [2.45, 2.75) is 20.3 Å². The van der Waals surface area contributed by atoms with E-state index < -0.39 is 5.63 Å². The molecule has 0 radical (unpaired) electrons. The van der Waals surface area contributed by atoms with Crippen molar-refractivity contribution in [3.8, 4) is 23.0 Å². The zero-order valence-corrected chi connectivity index (χ0v) is 15.4. The van der Waals surface area contributed by atoms with Crippen molar-refractivity contribution in [3.05, 3.63) is 57.9 Å². The van der Waals surface area contributed by atoms with Gasteiger partial charge >= 0.3 is 5.63 Å². The summed E-state index contributed by atoms with van der Waals surface area (Å²) in [7, 11) is 1.50. The minimum atomic E-state index is -0.422. The van der Waals surface area contributed by atoms with Gasteiger partial charge in [-0.2, -0.15) is 0 Å². The number of rotatable bonds is 7. The summed E-state index contributed by atoms with van der Waals surface area (Å²) in [5, 5.41) is 0.823. The molecule has 2 aromatic carbocycles. The van der Waals surface area contributed by atoms with E-state index in [4.69, 9.17) is 18.6 Å². The number of aldehydes is 1. The molecule has 0 aliphatic carbocycles. The number of fused-ring (bicyclic) bond motifs is 1. The van der Waals surface area contributed by atoms with Gasteiger partial charge in [0.2, 0.25) is 5.75 Å². The molecule has 0 saturated heterocycles. The summed E-state index contributed by atoms with van der Waals surface area (Å²) in [6.45, 7) is 4.30. The Morgan fingerprint density at radius 1 is 1.11 bits per heavy atom. The van der Waals surface area contributed by atoms with Gasteiger partial charge in [0.05, 0.1) is 13.7 Å². The predicted octanol–water partition coefficient (Wildman–Crippen LogP) is 4.50. The molecule has 0 aliphatic rings. The van der Waals surface area contributed by atoms with Gasteiger partial charge in [-0.25, -0.2) is 4.79 Å². The van der Waals surface area contributed by atoms with Crippen LogP contribution in [0.25, 0.3) is 11.0 Å². The Morgan fingerprint density at radius 2 is 1.89 bits per heavy atom. The topological polar surface area (TPSA) is 75.0 Å². The van der Waals surface area contributed by atoms with Gasteiger partial charge in [-0.05, 0) is 43.2 Å². The number of hydrogen-bond acceptors (Lipinski definition) is 6. The van der Waals surface area contributed by atoms with Crippen LogP contribution in [0.15, 0.2) is 45.6 Å². The zero-order chi connectivity index (χ0) is 19.4. The lowest BCUT2D eigenvalue weighted by Gasteiger charge is -2.16. The average molecular weight is 368 g/mol. The van der Waals surface area contributed by atoms with E-state index in [1.54, 1.807) is 24.3 Å². The van der Waals surface area contributed by atoms with Gasteiger partial charge in [0, 0.05) is 23.1 Å².